The van der Waals surface area contributed by atoms with Gasteiger partial charge in [-0.3, -0.25) is 9.59 Å². The summed E-state index contributed by atoms with van der Waals surface area (Å²) in [6, 6.07) is 9.91. The fraction of sp³-hybridized carbons (Fsp3) is 0.565. The summed E-state index contributed by atoms with van der Waals surface area (Å²) in [7, 11) is 3.51. The Hall–Kier alpha value is -1.45. The topological polar surface area (TPSA) is 73.9 Å². The summed E-state index contributed by atoms with van der Waals surface area (Å²) in [5.41, 5.74) is 1.09. The first-order valence-electron chi connectivity index (χ1n) is 10.7. The molecule has 6 nitrogen and oxygen atoms in total. The summed E-state index contributed by atoms with van der Waals surface area (Å²) in [6.07, 6.45) is 4.28. The first kappa shape index (κ1) is 28.6. The van der Waals surface area contributed by atoms with Gasteiger partial charge in [0.05, 0.1) is 12.5 Å². The Morgan fingerprint density at radius 3 is 2.50 bits per heavy atom. The summed E-state index contributed by atoms with van der Waals surface area (Å²) < 4.78 is 15.4. The number of hydrogen-bond donors (Lipinski definition) is 1. The lowest BCUT2D eigenvalue weighted by Crippen LogP contribution is -2.38. The Labute approximate surface area is 204 Å². The monoisotopic (exact) mass is 501 g/mol. The van der Waals surface area contributed by atoms with Crippen LogP contribution in [0.15, 0.2) is 42.9 Å². The van der Waals surface area contributed by atoms with Crippen molar-refractivity contribution in [2.45, 2.75) is 39.4 Å². The van der Waals surface area contributed by atoms with Gasteiger partial charge in [0.15, 0.2) is 0 Å². The maximum atomic E-state index is 12.8. The van der Waals surface area contributed by atoms with Crippen molar-refractivity contribution in [3.05, 3.63) is 48.4 Å². The number of hydrogen-bond acceptors (Lipinski definition) is 8. The lowest BCUT2D eigenvalue weighted by molar-refractivity contribution is -0.175. The van der Waals surface area contributed by atoms with Crippen LogP contribution in [-0.2, 0) is 30.2 Å². The highest BCUT2D eigenvalue weighted by Gasteiger charge is 2.21. The predicted octanol–water partition coefficient (Wildman–Crippen LogP) is 4.90. The zero-order valence-corrected chi connectivity index (χ0v) is 21.6. The number of ether oxygens (including phenoxy) is 3. The molecule has 0 heterocycles. The van der Waals surface area contributed by atoms with Crippen molar-refractivity contribution in [1.29, 1.82) is 0 Å². The first-order valence-corrected chi connectivity index (χ1v) is 14.6. The highest BCUT2D eigenvalue weighted by molar-refractivity contribution is 8.76. The van der Waals surface area contributed by atoms with Crippen molar-refractivity contribution in [3.8, 4) is 0 Å². The standard InChI is InChI=1S/C23H35NO5S3/c1-5-27-18(2)28-19(3)29-22(25)16-24-23(26)21(15-20-11-7-6-8-12-20)17-32-31-14-10-9-13-30-4/h6-8,11-12,19,21H,2,5,9-10,13-17H2,1,3-4H3,(H,24,26). The van der Waals surface area contributed by atoms with E-state index in [0.717, 1.165) is 11.3 Å². The SMILES string of the molecule is C=C(OCC)OC(C)OC(=O)CNC(=O)C(CSSCCCCSC)Cc1ccccc1. The highest BCUT2D eigenvalue weighted by atomic mass is 33.1. The maximum Gasteiger partial charge on any atom is 0.328 e. The number of carbonyl (C=O) groups is 2. The molecule has 1 N–H and O–H groups in total. The fourth-order valence-corrected chi connectivity index (χ4v) is 5.61. The molecule has 1 aromatic carbocycles. The lowest BCUT2D eigenvalue weighted by Gasteiger charge is -2.18. The van der Waals surface area contributed by atoms with Crippen molar-refractivity contribution >= 4 is 45.2 Å². The van der Waals surface area contributed by atoms with Crippen molar-refractivity contribution < 1.29 is 23.8 Å². The van der Waals surface area contributed by atoms with E-state index in [1.165, 1.54) is 18.6 Å². The van der Waals surface area contributed by atoms with Crippen molar-refractivity contribution in [2.75, 3.05) is 36.7 Å². The molecule has 32 heavy (non-hydrogen) atoms. The number of carbonyl (C=O) groups excluding carboxylic acids is 2. The van der Waals surface area contributed by atoms with Crippen LogP contribution in [0.5, 0.6) is 0 Å². The average Bonchev–Trinajstić information content (AvgIpc) is 2.76. The summed E-state index contributed by atoms with van der Waals surface area (Å²) in [6.45, 7) is 7.13. The van der Waals surface area contributed by atoms with E-state index in [0.29, 0.717) is 18.8 Å². The van der Waals surface area contributed by atoms with Crippen LogP contribution >= 0.6 is 33.3 Å². The normalized spacial score (nSPS) is 12.5. The molecule has 9 heteroatoms. The molecule has 1 amide bonds. The Morgan fingerprint density at radius 1 is 1.09 bits per heavy atom. The second-order valence-electron chi connectivity index (χ2n) is 6.89. The van der Waals surface area contributed by atoms with Crippen LogP contribution in [0.2, 0.25) is 0 Å². The number of rotatable bonds is 18. The molecule has 0 aliphatic heterocycles. The molecule has 0 aromatic heterocycles. The third-order valence-electron chi connectivity index (χ3n) is 4.18. The highest BCUT2D eigenvalue weighted by Crippen LogP contribution is 2.27. The van der Waals surface area contributed by atoms with Gasteiger partial charge in [-0.1, -0.05) is 51.9 Å². The Morgan fingerprint density at radius 2 is 1.81 bits per heavy atom. The minimum absolute atomic E-state index is 0.0859. The number of benzene rings is 1. The average molecular weight is 502 g/mol. The zero-order valence-electron chi connectivity index (χ0n) is 19.2. The van der Waals surface area contributed by atoms with Gasteiger partial charge in [0.1, 0.15) is 6.54 Å². The maximum absolute atomic E-state index is 12.8. The minimum Gasteiger partial charge on any atom is -0.466 e. The molecule has 1 aromatic rings. The van der Waals surface area contributed by atoms with E-state index in [4.69, 9.17) is 14.2 Å². The van der Waals surface area contributed by atoms with E-state index >= 15 is 0 Å². The molecular formula is C23H35NO5S3. The van der Waals surface area contributed by atoms with E-state index in [-0.39, 0.29) is 24.3 Å². The van der Waals surface area contributed by atoms with Crippen molar-refractivity contribution in [1.82, 2.24) is 5.32 Å². The molecule has 1 rings (SSSR count). The lowest BCUT2D eigenvalue weighted by atomic mass is 10.0. The van der Waals surface area contributed by atoms with Gasteiger partial charge in [-0.2, -0.15) is 11.8 Å². The zero-order chi connectivity index (χ0) is 23.6. The van der Waals surface area contributed by atoms with E-state index in [1.807, 2.05) is 42.1 Å². The van der Waals surface area contributed by atoms with Crippen LogP contribution in [0, 0.1) is 5.92 Å². The Balaban J connectivity index is 2.47. The third-order valence-corrected chi connectivity index (χ3v) is 7.45. The molecule has 0 spiro atoms. The van der Waals surface area contributed by atoms with Gasteiger partial charge in [0.25, 0.3) is 5.95 Å². The van der Waals surface area contributed by atoms with Crippen LogP contribution in [0.4, 0.5) is 0 Å². The van der Waals surface area contributed by atoms with Gasteiger partial charge < -0.3 is 19.5 Å². The van der Waals surface area contributed by atoms with Crippen LogP contribution < -0.4 is 5.32 Å². The molecule has 180 valence electrons. The summed E-state index contributed by atoms with van der Waals surface area (Å²) >= 11 is 1.87. The van der Waals surface area contributed by atoms with E-state index in [9.17, 15) is 9.59 Å². The van der Waals surface area contributed by atoms with Gasteiger partial charge in [-0.05, 0) is 50.3 Å². The molecule has 0 bridgehead atoms. The van der Waals surface area contributed by atoms with Gasteiger partial charge in [-0.15, -0.1) is 0 Å². The quantitative estimate of drug-likeness (QED) is 0.100. The first-order chi connectivity index (χ1) is 15.5. The molecule has 2 unspecified atom stereocenters. The van der Waals surface area contributed by atoms with Crippen LogP contribution in [-0.4, -0.2) is 54.8 Å². The van der Waals surface area contributed by atoms with Gasteiger partial charge in [0.2, 0.25) is 12.2 Å². The number of amides is 1. The van der Waals surface area contributed by atoms with Crippen molar-refractivity contribution in [3.63, 3.8) is 0 Å². The number of thioether (sulfide) groups is 1. The Bertz CT molecular complexity index is 675. The van der Waals surface area contributed by atoms with E-state index in [1.54, 1.807) is 35.4 Å². The van der Waals surface area contributed by atoms with Crippen molar-refractivity contribution in [2.24, 2.45) is 5.92 Å². The smallest absolute Gasteiger partial charge is 0.328 e. The molecule has 0 saturated heterocycles. The summed E-state index contributed by atoms with van der Waals surface area (Å²) in [4.78, 5) is 24.9. The second-order valence-corrected chi connectivity index (χ2v) is 10.5. The van der Waals surface area contributed by atoms with Gasteiger partial charge >= 0.3 is 5.97 Å². The molecule has 0 fully saturated rings. The summed E-state index contributed by atoms with van der Waals surface area (Å²) in [5, 5.41) is 2.71. The third kappa shape index (κ3) is 13.9. The molecule has 0 saturated carbocycles. The van der Waals surface area contributed by atoms with E-state index < -0.39 is 12.3 Å². The Kier molecular flexibility index (Phi) is 16.1. The number of esters is 1. The van der Waals surface area contributed by atoms with Gasteiger partial charge in [-0.25, -0.2) is 0 Å². The number of unbranched alkanes of at least 4 members (excludes halogenated alkanes) is 1. The fourth-order valence-electron chi connectivity index (χ4n) is 2.66. The molecule has 0 radical (unpaired) electrons. The largest absolute Gasteiger partial charge is 0.466 e. The minimum atomic E-state index is -0.850. The summed E-state index contributed by atoms with van der Waals surface area (Å²) in [5.74, 6) is 2.05. The molecule has 0 aliphatic rings. The van der Waals surface area contributed by atoms with Crippen LogP contribution in [0.1, 0.15) is 32.3 Å². The van der Waals surface area contributed by atoms with Crippen LogP contribution in [0.3, 0.4) is 0 Å². The van der Waals surface area contributed by atoms with Gasteiger partial charge in [0, 0.05) is 18.4 Å². The van der Waals surface area contributed by atoms with Crippen LogP contribution in [0.25, 0.3) is 0 Å². The predicted molar refractivity (Wildman–Crippen MR) is 137 cm³/mol. The molecular weight excluding hydrogens is 466 g/mol. The molecule has 0 aliphatic carbocycles. The van der Waals surface area contributed by atoms with E-state index in [2.05, 4.69) is 18.2 Å². The second kappa shape index (κ2) is 18.0. The molecule has 2 atom stereocenters. The number of nitrogens with one attached hydrogen (secondary N) is 1.